The summed E-state index contributed by atoms with van der Waals surface area (Å²) < 4.78 is 7.15. The number of amides is 1. The van der Waals surface area contributed by atoms with Crippen LogP contribution in [0, 0.1) is 6.92 Å². The molecule has 0 bridgehead atoms. The molecule has 3 heterocycles. The van der Waals surface area contributed by atoms with E-state index in [0.717, 1.165) is 35.4 Å². The second-order valence-electron chi connectivity index (χ2n) is 6.79. The first kappa shape index (κ1) is 15.7. The van der Waals surface area contributed by atoms with Gasteiger partial charge in [0.15, 0.2) is 5.82 Å². The summed E-state index contributed by atoms with van der Waals surface area (Å²) in [6, 6.07) is 11.3. The molecule has 4 aromatic rings. The number of hydrogen-bond acceptors (Lipinski definition) is 5. The minimum absolute atomic E-state index is 0.224. The summed E-state index contributed by atoms with van der Waals surface area (Å²) >= 11 is 0. The first-order valence-electron chi connectivity index (χ1n) is 8.87. The number of anilines is 1. The highest BCUT2D eigenvalue weighted by atomic mass is 16.5. The van der Waals surface area contributed by atoms with Gasteiger partial charge in [-0.3, -0.25) is 9.20 Å². The molecule has 134 valence electrons. The normalized spacial score (nSPS) is 13.8. The fourth-order valence-corrected chi connectivity index (χ4v) is 3.04. The van der Waals surface area contributed by atoms with Crippen molar-refractivity contribution in [2.24, 2.45) is 0 Å². The standard InChI is InChI=1S/C20H17N5O2/c1-12-5-6-14(20-23-18(24-27-20)13-7-8-13)10-15(12)22-19(26)16-11-21-17-4-2-3-9-25(16)17/h2-6,9-11,13H,7-8H2,1H3,(H,22,26). The van der Waals surface area contributed by atoms with Gasteiger partial charge in [0, 0.05) is 23.4 Å². The average molecular weight is 359 g/mol. The van der Waals surface area contributed by atoms with Gasteiger partial charge in [0.25, 0.3) is 11.8 Å². The molecular weight excluding hydrogens is 342 g/mol. The van der Waals surface area contributed by atoms with Gasteiger partial charge in [-0.05, 0) is 49.6 Å². The van der Waals surface area contributed by atoms with Crippen LogP contribution in [-0.4, -0.2) is 25.4 Å². The van der Waals surface area contributed by atoms with Crippen molar-refractivity contribution < 1.29 is 9.32 Å². The number of hydrogen-bond donors (Lipinski definition) is 1. The van der Waals surface area contributed by atoms with Crippen LogP contribution in [-0.2, 0) is 0 Å². The average Bonchev–Trinajstić information content (AvgIpc) is 3.25. The summed E-state index contributed by atoms with van der Waals surface area (Å²) in [4.78, 5) is 21.5. The summed E-state index contributed by atoms with van der Waals surface area (Å²) in [6.07, 6.45) is 5.63. The second-order valence-corrected chi connectivity index (χ2v) is 6.79. The van der Waals surface area contributed by atoms with Crippen LogP contribution in [0.15, 0.2) is 53.3 Å². The van der Waals surface area contributed by atoms with E-state index in [0.29, 0.717) is 23.2 Å². The molecule has 0 atom stereocenters. The molecule has 1 aliphatic rings. The number of carbonyl (C=O) groups excluding carboxylic acids is 1. The van der Waals surface area contributed by atoms with Gasteiger partial charge in [-0.2, -0.15) is 4.98 Å². The number of pyridine rings is 1. The maximum atomic E-state index is 12.8. The lowest BCUT2D eigenvalue weighted by atomic mass is 10.1. The molecule has 1 saturated carbocycles. The molecule has 0 radical (unpaired) electrons. The summed E-state index contributed by atoms with van der Waals surface area (Å²) in [5.74, 6) is 1.45. The molecule has 1 aromatic carbocycles. The van der Waals surface area contributed by atoms with Crippen LogP contribution in [0.4, 0.5) is 5.69 Å². The van der Waals surface area contributed by atoms with E-state index in [2.05, 4.69) is 20.4 Å². The molecule has 0 spiro atoms. The molecular formula is C20H17N5O2. The van der Waals surface area contributed by atoms with Crippen molar-refractivity contribution in [3.05, 3.63) is 65.9 Å². The van der Waals surface area contributed by atoms with Crippen LogP contribution in [0.25, 0.3) is 17.1 Å². The van der Waals surface area contributed by atoms with Gasteiger partial charge in [0.05, 0.1) is 6.20 Å². The van der Waals surface area contributed by atoms with Crippen LogP contribution in [0.3, 0.4) is 0 Å². The molecule has 1 N–H and O–H groups in total. The molecule has 3 aromatic heterocycles. The molecule has 0 saturated heterocycles. The summed E-state index contributed by atoms with van der Waals surface area (Å²) in [5, 5.41) is 7.02. The topological polar surface area (TPSA) is 85.3 Å². The zero-order chi connectivity index (χ0) is 18.4. The van der Waals surface area contributed by atoms with Crippen LogP contribution in [0.1, 0.15) is 40.6 Å². The summed E-state index contributed by atoms with van der Waals surface area (Å²) in [7, 11) is 0. The molecule has 1 fully saturated rings. The maximum Gasteiger partial charge on any atom is 0.274 e. The van der Waals surface area contributed by atoms with Crippen molar-refractivity contribution in [1.82, 2.24) is 19.5 Å². The number of rotatable bonds is 4. The molecule has 27 heavy (non-hydrogen) atoms. The number of aromatic nitrogens is 4. The minimum Gasteiger partial charge on any atom is -0.334 e. The van der Waals surface area contributed by atoms with E-state index in [1.807, 2.05) is 49.5 Å². The Morgan fingerprint density at radius 2 is 2.15 bits per heavy atom. The highest BCUT2D eigenvalue weighted by Gasteiger charge is 2.29. The van der Waals surface area contributed by atoms with Gasteiger partial charge in [-0.1, -0.05) is 17.3 Å². The number of fused-ring (bicyclic) bond motifs is 1. The van der Waals surface area contributed by atoms with Crippen molar-refractivity contribution in [2.45, 2.75) is 25.7 Å². The highest BCUT2D eigenvalue weighted by molar-refractivity contribution is 6.04. The monoisotopic (exact) mass is 359 g/mol. The van der Waals surface area contributed by atoms with E-state index < -0.39 is 0 Å². The summed E-state index contributed by atoms with van der Waals surface area (Å²) in [5.41, 5.74) is 3.64. The zero-order valence-electron chi connectivity index (χ0n) is 14.7. The zero-order valence-corrected chi connectivity index (χ0v) is 14.7. The first-order valence-corrected chi connectivity index (χ1v) is 8.87. The van der Waals surface area contributed by atoms with Crippen molar-refractivity contribution in [3.8, 4) is 11.5 Å². The Balaban J connectivity index is 1.44. The molecule has 0 aliphatic heterocycles. The number of imidazole rings is 1. The second kappa shape index (κ2) is 6.05. The Morgan fingerprint density at radius 3 is 3.00 bits per heavy atom. The minimum atomic E-state index is -0.224. The lowest BCUT2D eigenvalue weighted by Gasteiger charge is -2.09. The predicted molar refractivity (Wildman–Crippen MR) is 99.6 cm³/mol. The SMILES string of the molecule is Cc1ccc(-c2nc(C3CC3)no2)cc1NC(=O)c1cnc2ccccn12. The largest absolute Gasteiger partial charge is 0.334 e. The molecule has 1 aliphatic carbocycles. The van der Waals surface area contributed by atoms with Crippen LogP contribution >= 0.6 is 0 Å². The van der Waals surface area contributed by atoms with Crippen LogP contribution < -0.4 is 5.32 Å². The Kier molecular flexibility index (Phi) is 3.53. The van der Waals surface area contributed by atoms with Crippen molar-refractivity contribution in [1.29, 1.82) is 0 Å². The van der Waals surface area contributed by atoms with E-state index in [4.69, 9.17) is 4.52 Å². The number of carbonyl (C=O) groups is 1. The molecule has 5 rings (SSSR count). The Morgan fingerprint density at radius 1 is 1.26 bits per heavy atom. The van der Waals surface area contributed by atoms with E-state index >= 15 is 0 Å². The molecule has 7 nitrogen and oxygen atoms in total. The third kappa shape index (κ3) is 2.87. The third-order valence-electron chi connectivity index (χ3n) is 4.77. The third-order valence-corrected chi connectivity index (χ3v) is 4.77. The summed E-state index contributed by atoms with van der Waals surface area (Å²) in [6.45, 7) is 1.94. The maximum absolute atomic E-state index is 12.8. The van der Waals surface area contributed by atoms with Crippen molar-refractivity contribution in [2.75, 3.05) is 5.32 Å². The lowest BCUT2D eigenvalue weighted by Crippen LogP contribution is -2.15. The van der Waals surface area contributed by atoms with Gasteiger partial charge in [0.2, 0.25) is 0 Å². The lowest BCUT2D eigenvalue weighted by molar-refractivity contribution is 0.102. The van der Waals surface area contributed by atoms with E-state index in [-0.39, 0.29) is 5.91 Å². The highest BCUT2D eigenvalue weighted by Crippen LogP contribution is 2.39. The fraction of sp³-hybridized carbons (Fsp3) is 0.200. The van der Waals surface area contributed by atoms with E-state index in [1.165, 1.54) is 0 Å². The Bertz CT molecular complexity index is 1160. The predicted octanol–water partition coefficient (Wildman–Crippen LogP) is 3.82. The van der Waals surface area contributed by atoms with Gasteiger partial charge in [0.1, 0.15) is 11.3 Å². The van der Waals surface area contributed by atoms with Crippen molar-refractivity contribution >= 4 is 17.2 Å². The number of nitrogens with zero attached hydrogens (tertiary/aromatic N) is 4. The Hall–Kier alpha value is -3.48. The van der Waals surface area contributed by atoms with Gasteiger partial charge < -0.3 is 9.84 Å². The van der Waals surface area contributed by atoms with Gasteiger partial charge >= 0.3 is 0 Å². The number of benzene rings is 1. The number of nitrogens with one attached hydrogen (secondary N) is 1. The molecule has 0 unspecified atom stereocenters. The fourth-order valence-electron chi connectivity index (χ4n) is 3.04. The van der Waals surface area contributed by atoms with Crippen LogP contribution in [0.2, 0.25) is 0 Å². The quantitative estimate of drug-likeness (QED) is 0.599. The van der Waals surface area contributed by atoms with Gasteiger partial charge in [-0.25, -0.2) is 4.98 Å². The smallest absolute Gasteiger partial charge is 0.274 e. The molecule has 7 heteroatoms. The van der Waals surface area contributed by atoms with Crippen molar-refractivity contribution in [3.63, 3.8) is 0 Å². The van der Waals surface area contributed by atoms with Crippen LogP contribution in [0.5, 0.6) is 0 Å². The number of aryl methyl sites for hydroxylation is 1. The molecule has 1 amide bonds. The van der Waals surface area contributed by atoms with Gasteiger partial charge in [-0.15, -0.1) is 0 Å². The van der Waals surface area contributed by atoms with E-state index in [9.17, 15) is 4.79 Å². The van der Waals surface area contributed by atoms with E-state index in [1.54, 1.807) is 10.6 Å². The Labute approximate surface area is 155 Å². The first-order chi connectivity index (χ1) is 13.2.